The fourth-order valence-corrected chi connectivity index (χ4v) is 2.90. The predicted octanol–water partition coefficient (Wildman–Crippen LogP) is 3.58. The van der Waals surface area contributed by atoms with E-state index in [2.05, 4.69) is 28.7 Å². The average molecular weight is 322 g/mol. The molecule has 2 aromatic heterocycles. The number of rotatable bonds is 4. The first-order valence-corrected chi connectivity index (χ1v) is 8.12. The summed E-state index contributed by atoms with van der Waals surface area (Å²) in [6, 6.07) is 9.67. The highest BCUT2D eigenvalue weighted by Gasteiger charge is 2.12. The number of carbonyl (C=O) groups excluding carboxylic acids is 1. The van der Waals surface area contributed by atoms with E-state index in [1.807, 2.05) is 38.2 Å². The van der Waals surface area contributed by atoms with Gasteiger partial charge in [0, 0.05) is 30.5 Å². The third-order valence-electron chi connectivity index (χ3n) is 4.04. The summed E-state index contributed by atoms with van der Waals surface area (Å²) in [6.07, 6.45) is 2.02. The molecule has 5 nitrogen and oxygen atoms in total. The van der Waals surface area contributed by atoms with Crippen molar-refractivity contribution in [3.8, 4) is 0 Å². The number of benzene rings is 1. The first-order chi connectivity index (χ1) is 11.4. The number of anilines is 1. The van der Waals surface area contributed by atoms with Crippen molar-refractivity contribution in [1.29, 1.82) is 0 Å². The quantitative estimate of drug-likeness (QED) is 0.798. The maximum absolute atomic E-state index is 12.3. The van der Waals surface area contributed by atoms with Crippen molar-refractivity contribution in [2.45, 2.75) is 33.1 Å². The van der Waals surface area contributed by atoms with Crippen LogP contribution in [0.25, 0.3) is 11.0 Å². The van der Waals surface area contributed by atoms with Gasteiger partial charge in [0.1, 0.15) is 5.82 Å². The van der Waals surface area contributed by atoms with E-state index in [9.17, 15) is 4.79 Å². The predicted molar refractivity (Wildman–Crippen MR) is 96.1 cm³/mol. The van der Waals surface area contributed by atoms with Crippen LogP contribution in [0.2, 0.25) is 0 Å². The van der Waals surface area contributed by atoms with Crippen molar-refractivity contribution in [2.24, 2.45) is 7.05 Å². The highest BCUT2D eigenvalue weighted by Crippen LogP contribution is 2.22. The van der Waals surface area contributed by atoms with E-state index in [4.69, 9.17) is 4.98 Å². The number of nitrogens with zero attached hydrogens (tertiary/aromatic N) is 3. The molecule has 0 unspecified atom stereocenters. The van der Waals surface area contributed by atoms with Crippen molar-refractivity contribution in [2.75, 3.05) is 5.32 Å². The van der Waals surface area contributed by atoms with E-state index >= 15 is 0 Å². The minimum absolute atomic E-state index is 0.0417. The van der Waals surface area contributed by atoms with Gasteiger partial charge in [-0.3, -0.25) is 9.78 Å². The van der Waals surface area contributed by atoms with Crippen molar-refractivity contribution < 1.29 is 4.79 Å². The number of hydrogen-bond donors (Lipinski definition) is 1. The molecule has 0 bridgehead atoms. The van der Waals surface area contributed by atoms with Crippen LogP contribution < -0.4 is 5.32 Å². The molecule has 0 saturated heterocycles. The van der Waals surface area contributed by atoms with E-state index < -0.39 is 0 Å². The van der Waals surface area contributed by atoms with Gasteiger partial charge < -0.3 is 9.88 Å². The van der Waals surface area contributed by atoms with Crippen LogP contribution in [0.15, 0.2) is 36.5 Å². The van der Waals surface area contributed by atoms with Crippen molar-refractivity contribution in [3.05, 3.63) is 53.6 Å². The number of imidazole rings is 1. The van der Waals surface area contributed by atoms with Crippen LogP contribution in [0, 0.1) is 6.92 Å². The second-order valence-corrected chi connectivity index (χ2v) is 6.42. The Kier molecular flexibility index (Phi) is 4.34. The number of amides is 1. The molecule has 0 atom stereocenters. The molecule has 0 aliphatic carbocycles. The molecule has 2 heterocycles. The van der Waals surface area contributed by atoms with Crippen LogP contribution in [-0.4, -0.2) is 20.4 Å². The van der Waals surface area contributed by atoms with Gasteiger partial charge in [-0.25, -0.2) is 4.98 Å². The summed E-state index contributed by atoms with van der Waals surface area (Å²) in [4.78, 5) is 21.1. The Morgan fingerprint density at radius 1 is 1.25 bits per heavy atom. The van der Waals surface area contributed by atoms with E-state index in [0.29, 0.717) is 12.3 Å². The van der Waals surface area contributed by atoms with Gasteiger partial charge in [-0.05, 0) is 36.8 Å². The standard InChI is InChI=1S/C19H22N4O/c1-12(2)19-22-16-10-14(5-6-17(16)23(19)4)11-18(24)21-15-7-8-20-13(3)9-15/h5-10,12H,11H2,1-4H3,(H,20,21,24). The lowest BCUT2D eigenvalue weighted by molar-refractivity contribution is -0.115. The maximum Gasteiger partial charge on any atom is 0.228 e. The topological polar surface area (TPSA) is 59.8 Å². The van der Waals surface area contributed by atoms with Crippen LogP contribution in [-0.2, 0) is 18.3 Å². The molecular formula is C19H22N4O. The zero-order valence-corrected chi connectivity index (χ0v) is 14.5. The lowest BCUT2D eigenvalue weighted by atomic mass is 10.1. The van der Waals surface area contributed by atoms with Gasteiger partial charge in [0.15, 0.2) is 0 Å². The number of nitrogens with one attached hydrogen (secondary N) is 1. The largest absolute Gasteiger partial charge is 0.331 e. The van der Waals surface area contributed by atoms with Crippen molar-refractivity contribution >= 4 is 22.6 Å². The number of carbonyl (C=O) groups is 1. The van der Waals surface area contributed by atoms with Crippen LogP contribution in [0.3, 0.4) is 0 Å². The fourth-order valence-electron chi connectivity index (χ4n) is 2.90. The minimum Gasteiger partial charge on any atom is -0.331 e. The molecular weight excluding hydrogens is 300 g/mol. The summed E-state index contributed by atoms with van der Waals surface area (Å²) in [5, 5.41) is 2.91. The molecule has 0 radical (unpaired) electrons. The third-order valence-corrected chi connectivity index (χ3v) is 4.04. The van der Waals surface area contributed by atoms with Crippen LogP contribution in [0.1, 0.15) is 36.8 Å². The normalized spacial score (nSPS) is 11.2. The molecule has 0 spiro atoms. The second-order valence-electron chi connectivity index (χ2n) is 6.42. The molecule has 3 aromatic rings. The van der Waals surface area contributed by atoms with Gasteiger partial charge >= 0.3 is 0 Å². The molecule has 124 valence electrons. The summed E-state index contributed by atoms with van der Waals surface area (Å²) in [5.41, 5.74) is 4.63. The third kappa shape index (κ3) is 3.30. The molecule has 0 fully saturated rings. The van der Waals surface area contributed by atoms with Gasteiger partial charge in [-0.15, -0.1) is 0 Å². The summed E-state index contributed by atoms with van der Waals surface area (Å²) in [5.74, 6) is 1.38. The zero-order valence-electron chi connectivity index (χ0n) is 14.5. The average Bonchev–Trinajstić information content (AvgIpc) is 2.84. The van der Waals surface area contributed by atoms with Gasteiger partial charge in [0.2, 0.25) is 5.91 Å². The van der Waals surface area contributed by atoms with Gasteiger partial charge in [-0.1, -0.05) is 19.9 Å². The van der Waals surface area contributed by atoms with Crippen LogP contribution in [0.4, 0.5) is 5.69 Å². The Balaban J connectivity index is 1.78. The fraction of sp³-hybridized carbons (Fsp3) is 0.316. The molecule has 5 heteroatoms. The van der Waals surface area contributed by atoms with E-state index in [-0.39, 0.29) is 5.91 Å². The molecule has 1 aromatic carbocycles. The summed E-state index contributed by atoms with van der Waals surface area (Å²) < 4.78 is 2.11. The smallest absolute Gasteiger partial charge is 0.228 e. The van der Waals surface area contributed by atoms with E-state index in [0.717, 1.165) is 33.8 Å². The number of fused-ring (bicyclic) bond motifs is 1. The lowest BCUT2D eigenvalue weighted by Crippen LogP contribution is -2.14. The number of hydrogen-bond acceptors (Lipinski definition) is 3. The van der Waals surface area contributed by atoms with Crippen LogP contribution in [0.5, 0.6) is 0 Å². The van der Waals surface area contributed by atoms with Gasteiger partial charge in [0.05, 0.1) is 17.5 Å². The number of aromatic nitrogens is 3. The molecule has 24 heavy (non-hydrogen) atoms. The van der Waals surface area contributed by atoms with E-state index in [1.54, 1.807) is 12.3 Å². The van der Waals surface area contributed by atoms with Gasteiger partial charge in [0.25, 0.3) is 0 Å². The first-order valence-electron chi connectivity index (χ1n) is 8.12. The Labute approximate surface area is 141 Å². The maximum atomic E-state index is 12.3. The Hall–Kier alpha value is -2.69. The Morgan fingerprint density at radius 2 is 2.04 bits per heavy atom. The monoisotopic (exact) mass is 322 g/mol. The minimum atomic E-state index is -0.0417. The summed E-state index contributed by atoms with van der Waals surface area (Å²) in [7, 11) is 2.03. The van der Waals surface area contributed by atoms with E-state index in [1.165, 1.54) is 0 Å². The zero-order chi connectivity index (χ0) is 17.3. The molecule has 0 aliphatic rings. The molecule has 1 N–H and O–H groups in total. The summed E-state index contributed by atoms with van der Waals surface area (Å²) >= 11 is 0. The molecule has 0 aliphatic heterocycles. The molecule has 3 rings (SSSR count). The molecule has 1 amide bonds. The van der Waals surface area contributed by atoms with Gasteiger partial charge in [-0.2, -0.15) is 0 Å². The Bertz CT molecular complexity index is 896. The second kappa shape index (κ2) is 6.43. The number of aryl methyl sites for hydroxylation is 2. The number of pyridine rings is 1. The van der Waals surface area contributed by atoms with Crippen LogP contribution >= 0.6 is 0 Å². The molecule has 0 saturated carbocycles. The SMILES string of the molecule is Cc1cc(NC(=O)Cc2ccc3c(c2)nc(C(C)C)n3C)ccn1. The first kappa shape index (κ1) is 16.2. The van der Waals surface area contributed by atoms with Crippen molar-refractivity contribution in [1.82, 2.24) is 14.5 Å². The van der Waals surface area contributed by atoms with Crippen molar-refractivity contribution in [3.63, 3.8) is 0 Å². The summed E-state index contributed by atoms with van der Waals surface area (Å²) in [6.45, 7) is 6.16. The highest BCUT2D eigenvalue weighted by molar-refractivity contribution is 5.92. The lowest BCUT2D eigenvalue weighted by Gasteiger charge is -2.06. The highest BCUT2D eigenvalue weighted by atomic mass is 16.1. The Morgan fingerprint density at radius 3 is 2.75 bits per heavy atom.